The number of rotatable bonds is 4. The Labute approximate surface area is 135 Å². The molecule has 0 saturated carbocycles. The largest absolute Gasteiger partial charge is 0.497 e. The second kappa shape index (κ2) is 5.81. The summed E-state index contributed by atoms with van der Waals surface area (Å²) in [7, 11) is 5.76. The van der Waals surface area contributed by atoms with Crippen molar-refractivity contribution in [2.75, 3.05) is 27.7 Å². The van der Waals surface area contributed by atoms with Gasteiger partial charge in [-0.1, -0.05) is 0 Å². The number of hydrogen-bond acceptors (Lipinski definition) is 3. The van der Waals surface area contributed by atoms with E-state index < -0.39 is 5.95 Å². The van der Waals surface area contributed by atoms with Crippen molar-refractivity contribution < 1.29 is 9.13 Å². The molecule has 1 atom stereocenters. The number of aromatic nitrogens is 2. The van der Waals surface area contributed by atoms with Crippen LogP contribution in [-0.4, -0.2) is 42.2 Å². The Balaban J connectivity index is 2.40. The molecule has 0 spiro atoms. The van der Waals surface area contributed by atoms with Crippen LogP contribution in [0.5, 0.6) is 5.75 Å². The van der Waals surface area contributed by atoms with Gasteiger partial charge in [0, 0.05) is 35.5 Å². The lowest BCUT2D eigenvalue weighted by Crippen LogP contribution is -2.22. The number of ether oxygens (including phenoxy) is 1. The van der Waals surface area contributed by atoms with Gasteiger partial charge in [-0.25, -0.2) is 4.98 Å². The highest BCUT2D eigenvalue weighted by atomic mass is 19.1. The molecule has 0 radical (unpaired) electrons. The van der Waals surface area contributed by atoms with Gasteiger partial charge in [0.1, 0.15) is 5.75 Å². The summed E-state index contributed by atoms with van der Waals surface area (Å²) in [6.07, 6.45) is 0. The van der Waals surface area contributed by atoms with E-state index in [0.29, 0.717) is 5.69 Å². The maximum atomic E-state index is 13.8. The van der Waals surface area contributed by atoms with Gasteiger partial charge in [-0.3, -0.25) is 0 Å². The summed E-state index contributed by atoms with van der Waals surface area (Å²) in [4.78, 5) is 6.18. The molecule has 5 heteroatoms. The van der Waals surface area contributed by atoms with Crippen LogP contribution in [0.15, 0.2) is 24.3 Å². The number of pyridine rings is 1. The molecular weight excluding hydrogens is 293 g/mol. The maximum Gasteiger partial charge on any atom is 0.213 e. The highest BCUT2D eigenvalue weighted by Crippen LogP contribution is 2.35. The van der Waals surface area contributed by atoms with Gasteiger partial charge in [0.25, 0.3) is 0 Å². The molecule has 3 rings (SSSR count). The Bertz CT molecular complexity index is 870. The number of aryl methyl sites for hydroxylation is 1. The van der Waals surface area contributed by atoms with E-state index in [1.165, 1.54) is 6.07 Å². The van der Waals surface area contributed by atoms with Gasteiger partial charge in [-0.05, 0) is 40.1 Å². The third kappa shape index (κ3) is 2.65. The first-order valence-corrected chi connectivity index (χ1v) is 7.72. The second-order valence-corrected chi connectivity index (χ2v) is 6.29. The van der Waals surface area contributed by atoms with Crippen molar-refractivity contribution in [1.29, 1.82) is 0 Å². The van der Waals surface area contributed by atoms with E-state index in [1.807, 2.05) is 25.1 Å². The number of nitrogens with zero attached hydrogens (tertiary/aromatic N) is 3. The maximum absolute atomic E-state index is 13.8. The van der Waals surface area contributed by atoms with Gasteiger partial charge in [0.2, 0.25) is 5.95 Å². The molecule has 0 bridgehead atoms. The van der Waals surface area contributed by atoms with E-state index >= 15 is 0 Å². The monoisotopic (exact) mass is 315 g/mol. The zero-order chi connectivity index (χ0) is 16.7. The molecule has 0 aliphatic rings. The average Bonchev–Trinajstić information content (AvgIpc) is 2.80. The van der Waals surface area contributed by atoms with Crippen molar-refractivity contribution in [2.45, 2.75) is 19.9 Å². The van der Waals surface area contributed by atoms with Crippen LogP contribution in [0.25, 0.3) is 21.8 Å². The molecule has 23 heavy (non-hydrogen) atoms. The fourth-order valence-electron chi connectivity index (χ4n) is 3.39. The Morgan fingerprint density at radius 2 is 2.00 bits per heavy atom. The number of halogens is 1. The van der Waals surface area contributed by atoms with Crippen molar-refractivity contribution in [3.8, 4) is 5.75 Å². The molecule has 1 unspecified atom stereocenters. The van der Waals surface area contributed by atoms with Crippen LogP contribution in [-0.2, 0) is 0 Å². The molecule has 0 amide bonds. The fourth-order valence-corrected chi connectivity index (χ4v) is 3.39. The van der Waals surface area contributed by atoms with E-state index in [9.17, 15) is 4.39 Å². The summed E-state index contributed by atoms with van der Waals surface area (Å²) in [6, 6.07) is 7.67. The van der Waals surface area contributed by atoms with E-state index in [-0.39, 0.29) is 6.04 Å². The van der Waals surface area contributed by atoms with Crippen LogP contribution >= 0.6 is 0 Å². The minimum absolute atomic E-state index is 0.225. The van der Waals surface area contributed by atoms with Crippen molar-refractivity contribution in [2.24, 2.45) is 0 Å². The Kier molecular flexibility index (Phi) is 3.98. The Morgan fingerprint density at radius 1 is 1.26 bits per heavy atom. The van der Waals surface area contributed by atoms with Gasteiger partial charge in [0.05, 0.1) is 23.8 Å². The van der Waals surface area contributed by atoms with E-state index in [4.69, 9.17) is 4.74 Å². The summed E-state index contributed by atoms with van der Waals surface area (Å²) >= 11 is 0. The molecule has 1 aromatic carbocycles. The number of benzene rings is 1. The normalized spacial score (nSPS) is 13.2. The minimum Gasteiger partial charge on any atom is -0.497 e. The van der Waals surface area contributed by atoms with Crippen molar-refractivity contribution in [1.82, 2.24) is 14.5 Å². The predicted octanol–water partition coefficient (Wildman–Crippen LogP) is 3.77. The highest BCUT2D eigenvalue weighted by Gasteiger charge is 2.19. The first-order valence-electron chi connectivity index (χ1n) is 7.72. The smallest absolute Gasteiger partial charge is 0.213 e. The van der Waals surface area contributed by atoms with Crippen molar-refractivity contribution in [3.63, 3.8) is 0 Å². The molecule has 0 fully saturated rings. The van der Waals surface area contributed by atoms with Gasteiger partial charge in [0.15, 0.2) is 0 Å². The topological polar surface area (TPSA) is 30.3 Å². The van der Waals surface area contributed by atoms with Gasteiger partial charge in [-0.15, -0.1) is 0 Å². The molecular formula is C18H22FN3O. The van der Waals surface area contributed by atoms with E-state index in [1.54, 1.807) is 7.11 Å². The molecule has 0 saturated heterocycles. The molecule has 4 nitrogen and oxygen atoms in total. The van der Waals surface area contributed by atoms with Crippen LogP contribution < -0.4 is 4.74 Å². The third-order valence-electron chi connectivity index (χ3n) is 4.20. The first-order chi connectivity index (χ1) is 10.9. The minimum atomic E-state index is -0.440. The lowest BCUT2D eigenvalue weighted by Gasteiger charge is -2.21. The summed E-state index contributed by atoms with van der Waals surface area (Å²) < 4.78 is 21.5. The van der Waals surface area contributed by atoms with Crippen LogP contribution in [0.4, 0.5) is 4.39 Å². The second-order valence-electron chi connectivity index (χ2n) is 6.29. The summed E-state index contributed by atoms with van der Waals surface area (Å²) in [5.41, 5.74) is 2.74. The van der Waals surface area contributed by atoms with Crippen molar-refractivity contribution >= 4 is 21.8 Å². The van der Waals surface area contributed by atoms with Crippen LogP contribution in [0.1, 0.15) is 18.7 Å². The highest BCUT2D eigenvalue weighted by molar-refractivity contribution is 6.09. The SMILES string of the molecule is COc1ccc2c3cc(F)nc(C)c3n(C(C)CN(C)C)c2c1. The fraction of sp³-hybridized carbons (Fsp3) is 0.389. The standard InChI is InChI=1S/C18H22FN3O/c1-11(10-21(3)4)22-16-8-13(23-5)6-7-14(16)15-9-17(19)20-12(2)18(15)22/h6-9,11H,10H2,1-5H3. The summed E-state index contributed by atoms with van der Waals surface area (Å²) in [6.45, 7) is 4.91. The number of hydrogen-bond donors (Lipinski definition) is 0. The predicted molar refractivity (Wildman–Crippen MR) is 91.8 cm³/mol. The average molecular weight is 315 g/mol. The molecule has 2 aromatic heterocycles. The third-order valence-corrected chi connectivity index (χ3v) is 4.20. The summed E-state index contributed by atoms with van der Waals surface area (Å²) in [5.74, 6) is 0.356. The molecule has 0 N–H and O–H groups in total. The quantitative estimate of drug-likeness (QED) is 0.687. The number of likely N-dealkylation sites (N-methyl/N-ethyl adjacent to an activating group) is 1. The van der Waals surface area contributed by atoms with Gasteiger partial charge >= 0.3 is 0 Å². The zero-order valence-corrected chi connectivity index (χ0v) is 14.2. The lowest BCUT2D eigenvalue weighted by atomic mass is 10.1. The zero-order valence-electron chi connectivity index (χ0n) is 14.2. The first kappa shape index (κ1) is 15.7. The van der Waals surface area contributed by atoms with E-state index in [2.05, 4.69) is 35.5 Å². The van der Waals surface area contributed by atoms with Crippen LogP contribution in [0, 0.1) is 12.9 Å². The van der Waals surface area contributed by atoms with Crippen LogP contribution in [0.3, 0.4) is 0 Å². The molecule has 3 aromatic rings. The number of methoxy groups -OCH3 is 1. The molecule has 122 valence electrons. The van der Waals surface area contributed by atoms with Crippen LogP contribution in [0.2, 0.25) is 0 Å². The van der Waals surface area contributed by atoms with E-state index in [0.717, 1.165) is 34.1 Å². The lowest BCUT2D eigenvalue weighted by molar-refractivity contribution is 0.344. The number of fused-ring (bicyclic) bond motifs is 3. The van der Waals surface area contributed by atoms with Crippen molar-refractivity contribution in [3.05, 3.63) is 35.9 Å². The van der Waals surface area contributed by atoms with Gasteiger partial charge in [-0.2, -0.15) is 4.39 Å². The summed E-state index contributed by atoms with van der Waals surface area (Å²) in [5, 5.41) is 1.93. The molecule has 0 aliphatic carbocycles. The molecule has 2 heterocycles. The Morgan fingerprint density at radius 3 is 2.65 bits per heavy atom. The Hall–Kier alpha value is -2.14. The van der Waals surface area contributed by atoms with Gasteiger partial charge < -0.3 is 14.2 Å². The molecule has 0 aliphatic heterocycles.